The van der Waals surface area contributed by atoms with Gasteiger partial charge in [0, 0.05) is 16.7 Å². The molecular weight excluding hydrogens is 484 g/mol. The predicted molar refractivity (Wildman–Crippen MR) is 128 cm³/mol. The van der Waals surface area contributed by atoms with E-state index in [0.717, 1.165) is 18.4 Å². The number of hydrogen-bond acceptors (Lipinski definition) is 10. The Bertz CT molecular complexity index is 1010. The maximum absolute atomic E-state index is 13.5. The molecule has 0 bridgehead atoms. The monoisotopic (exact) mass is 522 g/mol. The third kappa shape index (κ3) is 3.91. The van der Waals surface area contributed by atoms with E-state index in [-0.39, 0.29) is 36.4 Å². The Kier molecular flexibility index (Phi) is 6.81. The van der Waals surface area contributed by atoms with Crippen molar-refractivity contribution in [3.63, 3.8) is 0 Å². The molecule has 5 rings (SSSR count). The molecule has 10 nitrogen and oxygen atoms in total. The zero-order valence-corrected chi connectivity index (χ0v) is 21.2. The fourth-order valence-electron chi connectivity index (χ4n) is 8.27. The van der Waals surface area contributed by atoms with Crippen LogP contribution in [0.4, 0.5) is 0 Å². The molecule has 4 fully saturated rings. The number of allylic oxidation sites excluding steroid dienone is 4. The zero-order valence-electron chi connectivity index (χ0n) is 21.2. The van der Waals surface area contributed by atoms with Gasteiger partial charge in [-0.05, 0) is 56.1 Å². The molecule has 6 N–H and O–H groups in total. The standard InChI is InChI=1S/C27H38O10/c1-25-7-5-14(29)9-13(25)3-4-15-16-6-8-27(35,26(16,2)10-17(30)20(15)25)19(31)12-36-24-23(34)22(33)21(32)18(11-28)37-24/h5,7,9,15-18,20-24,28,30,32-35H,3-4,6,8,10-12H2,1-2H3/t15-,16-,17+,18-,20+,21-,22+,23-,24-,25+,26+,27-/m1/s1. The predicted octanol–water partition coefficient (Wildman–Crippen LogP) is -0.618. The van der Waals surface area contributed by atoms with Crippen LogP contribution < -0.4 is 0 Å². The topological polar surface area (TPSA) is 174 Å². The van der Waals surface area contributed by atoms with E-state index >= 15 is 0 Å². The Morgan fingerprint density at radius 2 is 1.86 bits per heavy atom. The molecule has 3 saturated carbocycles. The van der Waals surface area contributed by atoms with Crippen molar-refractivity contribution in [1.82, 2.24) is 0 Å². The van der Waals surface area contributed by atoms with Gasteiger partial charge in [0.25, 0.3) is 0 Å². The average molecular weight is 523 g/mol. The highest BCUT2D eigenvalue weighted by Gasteiger charge is 2.68. The lowest BCUT2D eigenvalue weighted by Crippen LogP contribution is -2.62. The molecule has 206 valence electrons. The summed E-state index contributed by atoms with van der Waals surface area (Å²) >= 11 is 0. The van der Waals surface area contributed by atoms with Gasteiger partial charge in [-0.3, -0.25) is 9.59 Å². The average Bonchev–Trinajstić information content (AvgIpc) is 3.13. The van der Waals surface area contributed by atoms with E-state index in [1.54, 1.807) is 12.2 Å². The van der Waals surface area contributed by atoms with Gasteiger partial charge in [-0.2, -0.15) is 0 Å². The van der Waals surface area contributed by atoms with E-state index in [9.17, 15) is 40.2 Å². The molecule has 0 aromatic heterocycles. The molecule has 1 aliphatic heterocycles. The number of aliphatic hydroxyl groups is 6. The molecule has 0 spiro atoms. The molecule has 12 atom stereocenters. The van der Waals surface area contributed by atoms with Gasteiger partial charge in [0.1, 0.15) is 36.6 Å². The summed E-state index contributed by atoms with van der Waals surface area (Å²) in [4.78, 5) is 25.4. The Balaban J connectivity index is 1.34. The maximum atomic E-state index is 13.5. The maximum Gasteiger partial charge on any atom is 0.190 e. The third-order valence-electron chi connectivity index (χ3n) is 10.3. The number of Topliss-reactive ketones (excluding diaryl/α,β-unsaturated/α-hetero) is 1. The number of carbonyl (C=O) groups is 2. The Labute approximate surface area is 215 Å². The van der Waals surface area contributed by atoms with Crippen molar-refractivity contribution in [1.29, 1.82) is 0 Å². The fourth-order valence-corrected chi connectivity index (χ4v) is 8.27. The second kappa shape index (κ2) is 9.31. The van der Waals surface area contributed by atoms with Crippen LogP contribution in [0.5, 0.6) is 0 Å². The van der Waals surface area contributed by atoms with E-state index in [0.29, 0.717) is 6.42 Å². The lowest BCUT2D eigenvalue weighted by Gasteiger charge is -2.59. The zero-order chi connectivity index (χ0) is 26.9. The smallest absolute Gasteiger partial charge is 0.190 e. The van der Waals surface area contributed by atoms with E-state index in [1.807, 2.05) is 13.0 Å². The highest BCUT2D eigenvalue weighted by molar-refractivity contribution is 6.01. The number of hydrogen-bond donors (Lipinski definition) is 6. The quantitative estimate of drug-likeness (QED) is 0.273. The lowest BCUT2D eigenvalue weighted by atomic mass is 9.46. The molecule has 1 heterocycles. The van der Waals surface area contributed by atoms with Crippen LogP contribution in [-0.2, 0) is 19.1 Å². The van der Waals surface area contributed by atoms with Crippen molar-refractivity contribution >= 4 is 11.6 Å². The van der Waals surface area contributed by atoms with Crippen molar-refractivity contribution in [2.45, 2.75) is 88.4 Å². The van der Waals surface area contributed by atoms with Gasteiger partial charge in [-0.15, -0.1) is 0 Å². The van der Waals surface area contributed by atoms with E-state index in [4.69, 9.17) is 9.47 Å². The van der Waals surface area contributed by atoms with Gasteiger partial charge in [-0.1, -0.05) is 25.5 Å². The first-order valence-electron chi connectivity index (χ1n) is 13.2. The molecule has 1 saturated heterocycles. The molecule has 0 aromatic rings. The van der Waals surface area contributed by atoms with Crippen molar-refractivity contribution in [3.05, 3.63) is 23.8 Å². The van der Waals surface area contributed by atoms with Crippen molar-refractivity contribution in [2.75, 3.05) is 13.2 Å². The number of ether oxygens (including phenoxy) is 2. The van der Waals surface area contributed by atoms with Gasteiger partial charge in [0.05, 0.1) is 12.7 Å². The van der Waals surface area contributed by atoms with E-state index in [1.165, 1.54) is 0 Å². The van der Waals surface area contributed by atoms with Gasteiger partial charge in [0.2, 0.25) is 0 Å². The lowest BCUT2D eigenvalue weighted by molar-refractivity contribution is -0.300. The first-order valence-corrected chi connectivity index (χ1v) is 13.2. The number of ketones is 2. The first kappa shape index (κ1) is 27.1. The molecule has 0 unspecified atom stereocenters. The second-order valence-corrected chi connectivity index (χ2v) is 12.0. The van der Waals surface area contributed by atoms with Crippen LogP contribution in [0.1, 0.15) is 46.0 Å². The number of rotatable bonds is 5. The highest BCUT2D eigenvalue weighted by atomic mass is 16.7. The van der Waals surface area contributed by atoms with Crippen molar-refractivity contribution in [3.8, 4) is 0 Å². The van der Waals surface area contributed by atoms with Crippen LogP contribution in [0.2, 0.25) is 0 Å². The second-order valence-electron chi connectivity index (χ2n) is 12.0. The minimum Gasteiger partial charge on any atom is -0.394 e. The molecular formula is C27H38O10. The normalized spacial score (nSPS) is 51.2. The molecule has 0 aromatic carbocycles. The van der Waals surface area contributed by atoms with Crippen molar-refractivity contribution in [2.24, 2.45) is 28.6 Å². The van der Waals surface area contributed by atoms with Gasteiger partial charge in [-0.25, -0.2) is 0 Å². The summed E-state index contributed by atoms with van der Waals surface area (Å²) in [5, 5.41) is 62.8. The summed E-state index contributed by atoms with van der Waals surface area (Å²) in [5.74, 6) is -0.738. The Hall–Kier alpha value is -1.50. The largest absolute Gasteiger partial charge is 0.394 e. The molecule has 0 radical (unpaired) electrons. The van der Waals surface area contributed by atoms with Gasteiger partial charge in [0.15, 0.2) is 17.9 Å². The molecule has 0 amide bonds. The van der Waals surface area contributed by atoms with Crippen LogP contribution in [-0.4, -0.2) is 97.8 Å². The van der Waals surface area contributed by atoms with Crippen LogP contribution in [0, 0.1) is 28.6 Å². The summed E-state index contributed by atoms with van der Waals surface area (Å²) in [6.07, 6.45) is -0.603. The van der Waals surface area contributed by atoms with Crippen LogP contribution >= 0.6 is 0 Å². The first-order chi connectivity index (χ1) is 17.4. The molecule has 10 heteroatoms. The third-order valence-corrected chi connectivity index (χ3v) is 10.3. The summed E-state index contributed by atoms with van der Waals surface area (Å²) in [6.45, 7) is 2.68. The minimum atomic E-state index is -1.77. The Morgan fingerprint density at radius 1 is 1.14 bits per heavy atom. The van der Waals surface area contributed by atoms with E-state index < -0.39 is 72.2 Å². The van der Waals surface area contributed by atoms with Gasteiger partial charge >= 0.3 is 0 Å². The Morgan fingerprint density at radius 3 is 2.57 bits per heavy atom. The van der Waals surface area contributed by atoms with Crippen molar-refractivity contribution < 1.29 is 49.7 Å². The number of fused-ring (bicyclic) bond motifs is 5. The summed E-state index contributed by atoms with van der Waals surface area (Å²) in [6, 6.07) is 0. The van der Waals surface area contributed by atoms with Crippen LogP contribution in [0.25, 0.3) is 0 Å². The SMILES string of the molecule is C[C@]12C=CC(=O)C=C1CC[C@H]1[C@H]2[C@@H](O)C[C@@]2(C)[C@@H]1CC[C@@]2(O)C(=O)CO[C@@H]1O[C@H](CO)[C@@H](O)[C@H](O)[C@H]1O. The number of aliphatic hydroxyl groups excluding tert-OH is 5. The fraction of sp³-hybridized carbons (Fsp3) is 0.778. The minimum absolute atomic E-state index is 0.0217. The van der Waals surface area contributed by atoms with Crippen LogP contribution in [0.3, 0.4) is 0 Å². The molecule has 4 aliphatic carbocycles. The van der Waals surface area contributed by atoms with Crippen LogP contribution in [0.15, 0.2) is 23.8 Å². The van der Waals surface area contributed by atoms with E-state index in [2.05, 4.69) is 6.92 Å². The molecule has 37 heavy (non-hydrogen) atoms. The summed E-state index contributed by atoms with van der Waals surface area (Å²) in [7, 11) is 0. The number of carbonyl (C=O) groups excluding carboxylic acids is 2. The summed E-state index contributed by atoms with van der Waals surface area (Å²) < 4.78 is 10.8. The highest BCUT2D eigenvalue weighted by Crippen LogP contribution is 2.67. The molecule has 5 aliphatic rings. The summed E-state index contributed by atoms with van der Waals surface area (Å²) in [5.41, 5.74) is -2.10. The van der Waals surface area contributed by atoms with Gasteiger partial charge < -0.3 is 40.1 Å².